The Morgan fingerprint density at radius 2 is 2.05 bits per heavy atom. The van der Waals surface area contributed by atoms with E-state index in [4.69, 9.17) is 5.73 Å². The number of rotatable bonds is 2. The van der Waals surface area contributed by atoms with Gasteiger partial charge >= 0.3 is 0 Å². The molecule has 0 radical (unpaired) electrons. The van der Waals surface area contributed by atoms with Crippen molar-refractivity contribution in [2.24, 2.45) is 5.73 Å². The van der Waals surface area contributed by atoms with E-state index in [1.54, 1.807) is 6.20 Å². The SMILES string of the molecule is Cc1c(C(C)N)nnn1-c1cccc2ncccc12. The van der Waals surface area contributed by atoms with Crippen LogP contribution in [0.1, 0.15) is 24.4 Å². The number of hydrogen-bond donors (Lipinski definition) is 1. The van der Waals surface area contributed by atoms with Crippen molar-refractivity contribution in [2.75, 3.05) is 0 Å². The second-order valence-corrected chi connectivity index (χ2v) is 4.61. The lowest BCUT2D eigenvalue weighted by Gasteiger charge is -2.08. The highest BCUT2D eigenvalue weighted by molar-refractivity contribution is 5.86. The molecule has 3 aromatic rings. The molecular weight excluding hydrogens is 238 g/mol. The number of fused-ring (bicyclic) bond motifs is 1. The number of aromatic nitrogens is 4. The molecule has 1 atom stereocenters. The molecule has 96 valence electrons. The summed E-state index contributed by atoms with van der Waals surface area (Å²) in [5, 5.41) is 9.43. The fourth-order valence-electron chi connectivity index (χ4n) is 2.26. The monoisotopic (exact) mass is 253 g/mol. The summed E-state index contributed by atoms with van der Waals surface area (Å²) < 4.78 is 1.82. The van der Waals surface area contributed by atoms with Gasteiger partial charge in [0.2, 0.25) is 0 Å². The Bertz CT molecular complexity index is 724. The molecule has 0 spiro atoms. The number of benzene rings is 1. The van der Waals surface area contributed by atoms with Crippen LogP contribution >= 0.6 is 0 Å². The van der Waals surface area contributed by atoms with Crippen LogP contribution in [0, 0.1) is 6.92 Å². The van der Waals surface area contributed by atoms with E-state index in [1.807, 2.05) is 48.9 Å². The molecule has 0 aliphatic carbocycles. The van der Waals surface area contributed by atoms with Crippen molar-refractivity contribution in [3.63, 3.8) is 0 Å². The molecule has 1 unspecified atom stereocenters. The molecule has 2 aromatic heterocycles. The lowest BCUT2D eigenvalue weighted by atomic mass is 10.1. The summed E-state index contributed by atoms with van der Waals surface area (Å²) in [4.78, 5) is 4.35. The molecule has 19 heavy (non-hydrogen) atoms. The van der Waals surface area contributed by atoms with Gasteiger partial charge in [-0.05, 0) is 38.1 Å². The Balaban J connectivity index is 2.25. The zero-order valence-corrected chi connectivity index (χ0v) is 10.9. The van der Waals surface area contributed by atoms with Gasteiger partial charge in [-0.3, -0.25) is 4.98 Å². The first-order valence-corrected chi connectivity index (χ1v) is 6.20. The zero-order valence-electron chi connectivity index (χ0n) is 10.9. The molecule has 2 heterocycles. The third-order valence-electron chi connectivity index (χ3n) is 3.21. The first-order valence-electron chi connectivity index (χ1n) is 6.20. The van der Waals surface area contributed by atoms with E-state index in [9.17, 15) is 0 Å². The van der Waals surface area contributed by atoms with Gasteiger partial charge in [-0.1, -0.05) is 11.3 Å². The maximum absolute atomic E-state index is 5.89. The Kier molecular flexibility index (Phi) is 2.76. The van der Waals surface area contributed by atoms with E-state index in [0.29, 0.717) is 0 Å². The van der Waals surface area contributed by atoms with Crippen LogP contribution in [0.5, 0.6) is 0 Å². The van der Waals surface area contributed by atoms with Crippen LogP contribution in [-0.4, -0.2) is 20.0 Å². The molecule has 1 aromatic carbocycles. The van der Waals surface area contributed by atoms with Crippen LogP contribution in [0.3, 0.4) is 0 Å². The molecule has 0 aliphatic heterocycles. The molecule has 5 nitrogen and oxygen atoms in total. The summed E-state index contributed by atoms with van der Waals surface area (Å²) in [7, 11) is 0. The maximum Gasteiger partial charge on any atom is 0.102 e. The number of hydrogen-bond acceptors (Lipinski definition) is 4. The van der Waals surface area contributed by atoms with Crippen LogP contribution in [0.25, 0.3) is 16.6 Å². The van der Waals surface area contributed by atoms with E-state index >= 15 is 0 Å². The van der Waals surface area contributed by atoms with Crippen molar-refractivity contribution in [1.82, 2.24) is 20.0 Å². The Labute approximate surface area is 111 Å². The van der Waals surface area contributed by atoms with Crippen molar-refractivity contribution >= 4 is 10.9 Å². The minimum atomic E-state index is -0.123. The van der Waals surface area contributed by atoms with E-state index in [1.165, 1.54) is 0 Å². The van der Waals surface area contributed by atoms with Crippen LogP contribution in [0.2, 0.25) is 0 Å². The third-order valence-corrected chi connectivity index (χ3v) is 3.21. The Morgan fingerprint density at radius 3 is 2.79 bits per heavy atom. The Hall–Kier alpha value is -2.27. The first kappa shape index (κ1) is 11.8. The highest BCUT2D eigenvalue weighted by Gasteiger charge is 2.14. The van der Waals surface area contributed by atoms with Gasteiger partial charge in [-0.15, -0.1) is 5.10 Å². The van der Waals surface area contributed by atoms with E-state index in [2.05, 4.69) is 15.3 Å². The largest absolute Gasteiger partial charge is 0.323 e. The highest BCUT2D eigenvalue weighted by atomic mass is 15.4. The van der Waals surface area contributed by atoms with Gasteiger partial charge in [0.1, 0.15) is 5.69 Å². The minimum Gasteiger partial charge on any atom is -0.323 e. The molecular formula is C14H15N5. The van der Waals surface area contributed by atoms with Gasteiger partial charge in [0, 0.05) is 17.6 Å². The highest BCUT2D eigenvalue weighted by Crippen LogP contribution is 2.22. The molecule has 0 fully saturated rings. The third kappa shape index (κ3) is 1.88. The van der Waals surface area contributed by atoms with E-state index < -0.39 is 0 Å². The molecule has 3 rings (SSSR count). The first-order chi connectivity index (χ1) is 9.18. The topological polar surface area (TPSA) is 69.6 Å². The summed E-state index contributed by atoms with van der Waals surface area (Å²) in [6.07, 6.45) is 1.79. The summed E-state index contributed by atoms with van der Waals surface area (Å²) in [6, 6.07) is 9.79. The van der Waals surface area contributed by atoms with Crippen LogP contribution in [-0.2, 0) is 0 Å². The second-order valence-electron chi connectivity index (χ2n) is 4.61. The molecule has 2 N–H and O–H groups in total. The lowest BCUT2D eigenvalue weighted by Crippen LogP contribution is -2.08. The summed E-state index contributed by atoms with van der Waals surface area (Å²) >= 11 is 0. The fourth-order valence-corrected chi connectivity index (χ4v) is 2.26. The van der Waals surface area contributed by atoms with Gasteiger partial charge in [-0.2, -0.15) is 0 Å². The molecule has 0 saturated heterocycles. The van der Waals surface area contributed by atoms with Crippen molar-refractivity contribution < 1.29 is 0 Å². The average Bonchev–Trinajstić information content (AvgIpc) is 2.80. The van der Waals surface area contributed by atoms with Gasteiger partial charge < -0.3 is 5.73 Å². The normalized spacial score (nSPS) is 12.8. The molecule has 0 bridgehead atoms. The van der Waals surface area contributed by atoms with Crippen LogP contribution < -0.4 is 5.73 Å². The van der Waals surface area contributed by atoms with Gasteiger partial charge in [0.15, 0.2) is 0 Å². The summed E-state index contributed by atoms with van der Waals surface area (Å²) in [6.45, 7) is 3.89. The fraction of sp³-hybridized carbons (Fsp3) is 0.214. The van der Waals surface area contributed by atoms with Crippen LogP contribution in [0.15, 0.2) is 36.5 Å². The van der Waals surface area contributed by atoms with Crippen molar-refractivity contribution in [1.29, 1.82) is 0 Å². The Morgan fingerprint density at radius 1 is 1.21 bits per heavy atom. The lowest BCUT2D eigenvalue weighted by molar-refractivity contribution is 0.757. The molecule has 0 amide bonds. The molecule has 0 aliphatic rings. The van der Waals surface area contributed by atoms with Gasteiger partial charge in [-0.25, -0.2) is 4.68 Å². The number of nitrogens with zero attached hydrogens (tertiary/aromatic N) is 4. The number of pyridine rings is 1. The number of nitrogens with two attached hydrogens (primary N) is 1. The summed E-state index contributed by atoms with van der Waals surface area (Å²) in [5.41, 5.74) is 9.59. The zero-order chi connectivity index (χ0) is 13.4. The quantitative estimate of drug-likeness (QED) is 0.759. The summed E-state index contributed by atoms with van der Waals surface area (Å²) in [5.74, 6) is 0. The molecule has 5 heteroatoms. The maximum atomic E-state index is 5.89. The van der Waals surface area contributed by atoms with Crippen LogP contribution in [0.4, 0.5) is 0 Å². The smallest absolute Gasteiger partial charge is 0.102 e. The molecule has 0 saturated carbocycles. The van der Waals surface area contributed by atoms with Gasteiger partial charge in [0.05, 0.1) is 16.9 Å². The predicted molar refractivity (Wildman–Crippen MR) is 74.0 cm³/mol. The standard InChI is InChI=1S/C14H15N5/c1-9(15)14-10(2)19(18-17-14)13-7-3-6-12-11(13)5-4-8-16-12/h3-9H,15H2,1-2H3. The van der Waals surface area contributed by atoms with Crippen molar-refractivity contribution in [3.05, 3.63) is 47.9 Å². The van der Waals surface area contributed by atoms with Crippen molar-refractivity contribution in [3.8, 4) is 5.69 Å². The average molecular weight is 253 g/mol. The predicted octanol–water partition coefficient (Wildman–Crippen LogP) is 2.14. The van der Waals surface area contributed by atoms with Crippen molar-refractivity contribution in [2.45, 2.75) is 19.9 Å². The van der Waals surface area contributed by atoms with E-state index in [-0.39, 0.29) is 6.04 Å². The van der Waals surface area contributed by atoms with Gasteiger partial charge in [0.25, 0.3) is 0 Å². The second kappa shape index (κ2) is 4.44. The van der Waals surface area contributed by atoms with E-state index in [0.717, 1.165) is 28.0 Å². The minimum absolute atomic E-state index is 0.123.